The number of imidazole rings is 1. The number of carbonyl (C=O) groups is 1. The van der Waals surface area contributed by atoms with Crippen molar-refractivity contribution >= 4 is 28.7 Å². The third kappa shape index (κ3) is 3.88. The highest BCUT2D eigenvalue weighted by Gasteiger charge is 2.14. The van der Waals surface area contributed by atoms with Crippen molar-refractivity contribution in [1.82, 2.24) is 9.55 Å². The number of aromatic nitrogens is 2. The summed E-state index contributed by atoms with van der Waals surface area (Å²) in [7, 11) is 0. The summed E-state index contributed by atoms with van der Waals surface area (Å²) >= 11 is 5.76. The minimum atomic E-state index is -0.858. The summed E-state index contributed by atoms with van der Waals surface area (Å²) in [6.45, 7) is 2.81. The summed E-state index contributed by atoms with van der Waals surface area (Å²) in [6, 6.07) is 6.34. The molecule has 6 heteroatoms. The molecule has 0 bridgehead atoms. The van der Waals surface area contributed by atoms with Gasteiger partial charge in [-0.25, -0.2) is 4.79 Å². The zero-order valence-corrected chi connectivity index (χ0v) is 12.9. The molecular formula is C15H20ClN3O2. The molecule has 0 atom stereocenters. The standard InChI is InChI=1S/C15H20ClN3O2/c1-2-3-5-11-6-7-12-13(10-11)19(9-4-8-16)15(18-12)21-14(17)20/h6-7,10H,2-5,8-9H2,1H3,(H2,17,20). The van der Waals surface area contributed by atoms with Crippen LogP contribution in [0.2, 0.25) is 0 Å². The first-order chi connectivity index (χ1) is 10.2. The number of alkyl halides is 1. The molecule has 0 unspecified atom stereocenters. The molecule has 0 saturated carbocycles. The molecule has 114 valence electrons. The number of unbranched alkanes of at least 4 members (excludes halogenated alkanes) is 1. The van der Waals surface area contributed by atoms with Crippen molar-refractivity contribution < 1.29 is 9.53 Å². The van der Waals surface area contributed by atoms with Crippen molar-refractivity contribution in [2.45, 2.75) is 39.2 Å². The topological polar surface area (TPSA) is 70.1 Å². The molecule has 0 aliphatic rings. The molecule has 2 rings (SSSR count). The fraction of sp³-hybridized carbons (Fsp3) is 0.467. The zero-order valence-electron chi connectivity index (χ0n) is 12.1. The van der Waals surface area contributed by atoms with Gasteiger partial charge in [-0.2, -0.15) is 4.98 Å². The minimum Gasteiger partial charge on any atom is -0.375 e. The summed E-state index contributed by atoms with van der Waals surface area (Å²) in [6.07, 6.45) is 3.23. The van der Waals surface area contributed by atoms with Crippen LogP contribution in [0, 0.1) is 0 Å². The number of hydrogen-bond acceptors (Lipinski definition) is 3. The van der Waals surface area contributed by atoms with E-state index in [1.807, 2.05) is 10.6 Å². The number of aryl methyl sites for hydroxylation is 2. The highest BCUT2D eigenvalue weighted by atomic mass is 35.5. The van der Waals surface area contributed by atoms with Crippen LogP contribution in [-0.4, -0.2) is 21.5 Å². The van der Waals surface area contributed by atoms with E-state index in [0.29, 0.717) is 12.4 Å². The van der Waals surface area contributed by atoms with Crippen LogP contribution in [0.1, 0.15) is 31.7 Å². The van der Waals surface area contributed by atoms with Crippen LogP contribution in [0.5, 0.6) is 6.01 Å². The molecule has 1 aromatic heterocycles. The van der Waals surface area contributed by atoms with Crippen molar-refractivity contribution in [3.8, 4) is 6.01 Å². The summed E-state index contributed by atoms with van der Waals surface area (Å²) in [5, 5.41) is 0. The number of halogens is 1. The van der Waals surface area contributed by atoms with E-state index >= 15 is 0 Å². The fourth-order valence-electron chi connectivity index (χ4n) is 2.28. The van der Waals surface area contributed by atoms with Crippen LogP contribution in [0.4, 0.5) is 4.79 Å². The number of benzene rings is 1. The van der Waals surface area contributed by atoms with Gasteiger partial charge in [0.25, 0.3) is 0 Å². The molecule has 2 aromatic rings. The van der Waals surface area contributed by atoms with Crippen molar-refractivity contribution in [2.24, 2.45) is 5.73 Å². The fourth-order valence-corrected chi connectivity index (χ4v) is 2.40. The average molecular weight is 310 g/mol. The maximum Gasteiger partial charge on any atom is 0.412 e. The molecule has 2 N–H and O–H groups in total. The summed E-state index contributed by atoms with van der Waals surface area (Å²) in [5.74, 6) is 0.533. The molecule has 21 heavy (non-hydrogen) atoms. The van der Waals surface area contributed by atoms with E-state index in [2.05, 4.69) is 24.0 Å². The van der Waals surface area contributed by atoms with Gasteiger partial charge in [0.05, 0.1) is 11.0 Å². The number of hydrogen-bond donors (Lipinski definition) is 1. The number of carbonyl (C=O) groups excluding carboxylic acids is 1. The smallest absolute Gasteiger partial charge is 0.375 e. The molecule has 1 heterocycles. The third-order valence-electron chi connectivity index (χ3n) is 3.30. The molecule has 0 aliphatic heterocycles. The Kier molecular flexibility index (Phi) is 5.44. The predicted molar refractivity (Wildman–Crippen MR) is 83.9 cm³/mol. The number of primary amides is 1. The van der Waals surface area contributed by atoms with Gasteiger partial charge >= 0.3 is 12.1 Å². The summed E-state index contributed by atoms with van der Waals surface area (Å²) < 4.78 is 6.86. The largest absolute Gasteiger partial charge is 0.412 e. The van der Waals surface area contributed by atoms with Crippen molar-refractivity contribution in [2.75, 3.05) is 5.88 Å². The Morgan fingerprint density at radius 2 is 2.24 bits per heavy atom. The number of nitrogens with zero attached hydrogens (tertiary/aromatic N) is 2. The predicted octanol–water partition coefficient (Wildman–Crippen LogP) is 3.47. The second-order valence-corrected chi connectivity index (χ2v) is 5.31. The Bertz CT molecular complexity index is 625. The van der Waals surface area contributed by atoms with Gasteiger partial charge in [-0.1, -0.05) is 19.4 Å². The van der Waals surface area contributed by atoms with E-state index in [-0.39, 0.29) is 6.01 Å². The maximum atomic E-state index is 11.0. The van der Waals surface area contributed by atoms with Gasteiger partial charge < -0.3 is 10.5 Å². The summed E-state index contributed by atoms with van der Waals surface area (Å²) in [5.41, 5.74) is 8.09. The first-order valence-electron chi connectivity index (χ1n) is 7.18. The number of rotatable bonds is 7. The highest BCUT2D eigenvalue weighted by Crippen LogP contribution is 2.24. The average Bonchev–Trinajstić information content (AvgIpc) is 2.78. The van der Waals surface area contributed by atoms with Crippen LogP contribution in [0.3, 0.4) is 0 Å². The Hall–Kier alpha value is -1.75. The molecule has 1 aromatic carbocycles. The Balaban J connectivity index is 2.40. The molecule has 0 spiro atoms. The van der Waals surface area contributed by atoms with Gasteiger partial charge in [0.2, 0.25) is 0 Å². The van der Waals surface area contributed by atoms with Crippen LogP contribution in [0.25, 0.3) is 11.0 Å². The monoisotopic (exact) mass is 309 g/mol. The molecule has 0 saturated heterocycles. The van der Waals surface area contributed by atoms with E-state index < -0.39 is 6.09 Å². The van der Waals surface area contributed by atoms with E-state index in [0.717, 1.165) is 36.7 Å². The van der Waals surface area contributed by atoms with Crippen molar-refractivity contribution in [3.05, 3.63) is 23.8 Å². The van der Waals surface area contributed by atoms with E-state index in [1.165, 1.54) is 5.56 Å². The van der Waals surface area contributed by atoms with Gasteiger partial charge in [0, 0.05) is 12.4 Å². The van der Waals surface area contributed by atoms with Gasteiger partial charge in [-0.15, -0.1) is 11.6 Å². The lowest BCUT2D eigenvalue weighted by Gasteiger charge is -2.07. The second kappa shape index (κ2) is 7.31. The molecule has 1 amide bonds. The lowest BCUT2D eigenvalue weighted by atomic mass is 10.1. The highest BCUT2D eigenvalue weighted by molar-refractivity contribution is 6.17. The zero-order chi connectivity index (χ0) is 15.2. The first-order valence-corrected chi connectivity index (χ1v) is 7.71. The molecule has 0 aliphatic carbocycles. The van der Waals surface area contributed by atoms with Crippen LogP contribution in [-0.2, 0) is 13.0 Å². The molecule has 0 radical (unpaired) electrons. The van der Waals surface area contributed by atoms with E-state index in [4.69, 9.17) is 22.1 Å². The second-order valence-electron chi connectivity index (χ2n) is 4.94. The van der Waals surface area contributed by atoms with Crippen molar-refractivity contribution in [1.29, 1.82) is 0 Å². The molecular weight excluding hydrogens is 290 g/mol. The first kappa shape index (κ1) is 15.6. The van der Waals surface area contributed by atoms with Gasteiger partial charge in [-0.3, -0.25) is 4.57 Å². The number of ether oxygens (including phenoxy) is 1. The lowest BCUT2D eigenvalue weighted by molar-refractivity contribution is 0.205. The van der Waals surface area contributed by atoms with Crippen LogP contribution >= 0.6 is 11.6 Å². The number of nitrogens with two attached hydrogens (primary N) is 1. The number of amides is 1. The van der Waals surface area contributed by atoms with Gasteiger partial charge in [0.1, 0.15) is 0 Å². The van der Waals surface area contributed by atoms with Crippen LogP contribution in [0.15, 0.2) is 18.2 Å². The van der Waals surface area contributed by atoms with Gasteiger partial charge in [-0.05, 0) is 37.0 Å². The quantitative estimate of drug-likeness (QED) is 0.796. The normalized spacial score (nSPS) is 11.0. The van der Waals surface area contributed by atoms with Crippen LogP contribution < -0.4 is 10.5 Å². The lowest BCUT2D eigenvalue weighted by Crippen LogP contribution is -2.19. The maximum absolute atomic E-state index is 11.0. The third-order valence-corrected chi connectivity index (χ3v) is 3.57. The van der Waals surface area contributed by atoms with E-state index in [1.54, 1.807) is 0 Å². The van der Waals surface area contributed by atoms with Crippen molar-refractivity contribution in [3.63, 3.8) is 0 Å². The Morgan fingerprint density at radius 3 is 2.90 bits per heavy atom. The Labute approximate surface area is 129 Å². The van der Waals surface area contributed by atoms with E-state index in [9.17, 15) is 4.79 Å². The molecule has 5 nitrogen and oxygen atoms in total. The van der Waals surface area contributed by atoms with Gasteiger partial charge in [0.15, 0.2) is 0 Å². The Morgan fingerprint density at radius 1 is 1.43 bits per heavy atom. The minimum absolute atomic E-state index is 0.232. The SMILES string of the molecule is CCCCc1ccc2nc(OC(N)=O)n(CCCCl)c2c1. The summed E-state index contributed by atoms with van der Waals surface area (Å²) in [4.78, 5) is 15.3. The molecule has 0 fully saturated rings. The number of fused-ring (bicyclic) bond motifs is 1.